The number of hydrogen-bond acceptors (Lipinski definition) is 6. The number of hydrogen-bond donors (Lipinski definition) is 1. The number of ether oxygens (including phenoxy) is 2. The van der Waals surface area contributed by atoms with E-state index in [-0.39, 0.29) is 16.8 Å². The van der Waals surface area contributed by atoms with E-state index < -0.39 is 0 Å². The third kappa shape index (κ3) is 5.08. The molecule has 0 saturated carbocycles. The van der Waals surface area contributed by atoms with Gasteiger partial charge in [-0.25, -0.2) is 0 Å². The number of methoxy groups -OCH3 is 1. The zero-order chi connectivity index (χ0) is 19.3. The van der Waals surface area contributed by atoms with Crippen molar-refractivity contribution in [3.8, 4) is 11.8 Å². The number of aromatic nitrogens is 3. The van der Waals surface area contributed by atoms with Crippen molar-refractivity contribution in [2.45, 2.75) is 26.0 Å². The predicted octanol–water partition coefficient (Wildman–Crippen LogP) is 4.46. The Kier molecular flexibility index (Phi) is 5.76. The van der Waals surface area contributed by atoms with Gasteiger partial charge < -0.3 is 14.8 Å². The molecule has 0 saturated heterocycles. The third-order valence-electron chi connectivity index (χ3n) is 4.03. The predicted molar refractivity (Wildman–Crippen MR) is 105 cm³/mol. The van der Waals surface area contributed by atoms with Crippen molar-refractivity contribution in [3.05, 3.63) is 71.0 Å². The Hall–Kier alpha value is -2.86. The van der Waals surface area contributed by atoms with Gasteiger partial charge in [-0.15, -0.1) is 0 Å². The highest BCUT2D eigenvalue weighted by Gasteiger charge is 2.22. The molecule has 0 spiro atoms. The normalized spacial score (nSPS) is 11.1. The summed E-state index contributed by atoms with van der Waals surface area (Å²) in [7, 11) is 1.63. The number of anilines is 1. The minimum absolute atomic E-state index is 0.0705. The van der Waals surface area contributed by atoms with E-state index in [1.807, 2.05) is 68.4 Å². The molecular formula is C20H21ClN4O2. The van der Waals surface area contributed by atoms with Crippen molar-refractivity contribution in [3.63, 3.8) is 0 Å². The Bertz CT molecular complexity index is 886. The number of rotatable bonds is 7. The maximum absolute atomic E-state index is 6.05. The molecule has 1 heterocycles. The first-order valence-corrected chi connectivity index (χ1v) is 8.85. The minimum Gasteiger partial charge on any atom is -0.497 e. The highest BCUT2D eigenvalue weighted by atomic mass is 35.5. The lowest BCUT2D eigenvalue weighted by molar-refractivity contribution is 0.280. The van der Waals surface area contributed by atoms with Gasteiger partial charge in [0.2, 0.25) is 11.2 Å². The summed E-state index contributed by atoms with van der Waals surface area (Å²) in [6.45, 7) is 4.39. The van der Waals surface area contributed by atoms with Gasteiger partial charge in [0, 0.05) is 0 Å². The second-order valence-electron chi connectivity index (χ2n) is 6.46. The number of nitrogens with zero attached hydrogens (tertiary/aromatic N) is 3. The summed E-state index contributed by atoms with van der Waals surface area (Å²) in [6.07, 6.45) is 0. The van der Waals surface area contributed by atoms with Gasteiger partial charge in [-0.05, 0) is 48.7 Å². The molecule has 3 rings (SSSR count). The van der Waals surface area contributed by atoms with Crippen molar-refractivity contribution in [1.29, 1.82) is 0 Å². The van der Waals surface area contributed by atoms with Crippen molar-refractivity contribution in [2.24, 2.45) is 0 Å². The van der Waals surface area contributed by atoms with Crippen LogP contribution in [0.2, 0.25) is 5.28 Å². The topological polar surface area (TPSA) is 69.2 Å². The highest BCUT2D eigenvalue weighted by molar-refractivity contribution is 6.28. The van der Waals surface area contributed by atoms with E-state index in [2.05, 4.69) is 20.3 Å². The van der Waals surface area contributed by atoms with Gasteiger partial charge in [-0.1, -0.05) is 42.5 Å². The molecule has 27 heavy (non-hydrogen) atoms. The Morgan fingerprint density at radius 1 is 0.963 bits per heavy atom. The fraction of sp³-hybridized carbons (Fsp3) is 0.250. The van der Waals surface area contributed by atoms with Crippen LogP contribution in [-0.2, 0) is 12.1 Å². The molecule has 0 aliphatic heterocycles. The minimum atomic E-state index is -0.390. The zero-order valence-corrected chi connectivity index (χ0v) is 16.2. The summed E-state index contributed by atoms with van der Waals surface area (Å²) < 4.78 is 10.8. The van der Waals surface area contributed by atoms with Gasteiger partial charge in [0.15, 0.2) is 0 Å². The van der Waals surface area contributed by atoms with Crippen LogP contribution in [0.5, 0.6) is 11.8 Å². The molecular weight excluding hydrogens is 364 g/mol. The second kappa shape index (κ2) is 8.22. The Morgan fingerprint density at radius 2 is 1.67 bits per heavy atom. The van der Waals surface area contributed by atoms with Crippen LogP contribution in [0.15, 0.2) is 54.6 Å². The van der Waals surface area contributed by atoms with Gasteiger partial charge in [-0.3, -0.25) is 0 Å². The molecule has 7 heteroatoms. The Labute approximate surface area is 163 Å². The first kappa shape index (κ1) is 18.9. The van der Waals surface area contributed by atoms with Crippen LogP contribution < -0.4 is 14.8 Å². The standard InChI is InChI=1S/C20H21ClN4O2/c1-20(2,15-7-5-4-6-8-15)25-18-22-17(21)23-19(24-18)27-13-14-9-11-16(26-3)12-10-14/h4-12H,13H2,1-3H3,(H,22,23,24,25). The summed E-state index contributed by atoms with van der Waals surface area (Å²) in [6, 6.07) is 17.8. The number of halogens is 1. The molecule has 0 amide bonds. The number of benzene rings is 2. The van der Waals surface area contributed by atoms with E-state index in [1.165, 1.54) is 0 Å². The van der Waals surface area contributed by atoms with Gasteiger partial charge in [0.05, 0.1) is 12.6 Å². The molecule has 3 aromatic rings. The van der Waals surface area contributed by atoms with Gasteiger partial charge in [-0.2, -0.15) is 15.0 Å². The largest absolute Gasteiger partial charge is 0.497 e. The molecule has 1 N–H and O–H groups in total. The van der Waals surface area contributed by atoms with Crippen molar-refractivity contribution < 1.29 is 9.47 Å². The van der Waals surface area contributed by atoms with Crippen molar-refractivity contribution in [2.75, 3.05) is 12.4 Å². The lowest BCUT2D eigenvalue weighted by Crippen LogP contribution is -2.29. The average Bonchev–Trinajstić information content (AvgIpc) is 2.67. The van der Waals surface area contributed by atoms with E-state index in [1.54, 1.807) is 7.11 Å². The molecule has 0 aliphatic carbocycles. The van der Waals surface area contributed by atoms with E-state index >= 15 is 0 Å². The Morgan fingerprint density at radius 3 is 2.33 bits per heavy atom. The van der Waals surface area contributed by atoms with Crippen molar-refractivity contribution >= 4 is 17.5 Å². The monoisotopic (exact) mass is 384 g/mol. The van der Waals surface area contributed by atoms with Gasteiger partial charge in [0.25, 0.3) is 0 Å². The van der Waals surface area contributed by atoms with Crippen LogP contribution in [0, 0.1) is 0 Å². The van der Waals surface area contributed by atoms with Crippen LogP contribution in [0.1, 0.15) is 25.0 Å². The van der Waals surface area contributed by atoms with E-state index in [0.29, 0.717) is 12.6 Å². The molecule has 2 aromatic carbocycles. The highest BCUT2D eigenvalue weighted by Crippen LogP contribution is 2.25. The summed E-state index contributed by atoms with van der Waals surface area (Å²) in [5, 5.41) is 3.36. The third-order valence-corrected chi connectivity index (χ3v) is 4.20. The van der Waals surface area contributed by atoms with Crippen molar-refractivity contribution in [1.82, 2.24) is 15.0 Å². The fourth-order valence-electron chi connectivity index (χ4n) is 2.53. The van der Waals surface area contributed by atoms with Crippen LogP contribution in [0.4, 0.5) is 5.95 Å². The summed E-state index contributed by atoms with van der Waals surface area (Å²) >= 11 is 6.05. The van der Waals surface area contributed by atoms with Crippen LogP contribution >= 0.6 is 11.6 Å². The molecule has 0 aliphatic rings. The maximum Gasteiger partial charge on any atom is 0.322 e. The fourth-order valence-corrected chi connectivity index (χ4v) is 2.68. The molecule has 0 fully saturated rings. The summed E-state index contributed by atoms with van der Waals surface area (Å²) in [4.78, 5) is 12.5. The van der Waals surface area contributed by atoms with E-state index in [0.717, 1.165) is 16.9 Å². The molecule has 140 valence electrons. The van der Waals surface area contributed by atoms with Gasteiger partial charge >= 0.3 is 6.01 Å². The first-order chi connectivity index (χ1) is 13.0. The zero-order valence-electron chi connectivity index (χ0n) is 15.4. The molecule has 0 atom stereocenters. The molecule has 0 bridgehead atoms. The number of nitrogens with one attached hydrogen (secondary N) is 1. The smallest absolute Gasteiger partial charge is 0.322 e. The van der Waals surface area contributed by atoms with E-state index in [4.69, 9.17) is 21.1 Å². The molecule has 6 nitrogen and oxygen atoms in total. The molecule has 1 aromatic heterocycles. The quantitative estimate of drug-likeness (QED) is 0.648. The first-order valence-electron chi connectivity index (χ1n) is 8.47. The lowest BCUT2D eigenvalue weighted by Gasteiger charge is -2.26. The maximum atomic E-state index is 6.05. The van der Waals surface area contributed by atoms with Gasteiger partial charge in [0.1, 0.15) is 12.4 Å². The van der Waals surface area contributed by atoms with Crippen LogP contribution in [0.3, 0.4) is 0 Å². The van der Waals surface area contributed by atoms with Crippen LogP contribution in [-0.4, -0.2) is 22.1 Å². The SMILES string of the molecule is COc1ccc(COc2nc(Cl)nc(NC(C)(C)c3ccccc3)n2)cc1. The van der Waals surface area contributed by atoms with Crippen LogP contribution in [0.25, 0.3) is 0 Å². The van der Waals surface area contributed by atoms with E-state index in [9.17, 15) is 0 Å². The summed E-state index contributed by atoms with van der Waals surface area (Å²) in [5.74, 6) is 1.14. The lowest BCUT2D eigenvalue weighted by atomic mass is 9.95. The molecule has 0 radical (unpaired) electrons. The summed E-state index contributed by atoms with van der Waals surface area (Å²) in [5.41, 5.74) is 1.67. The average molecular weight is 385 g/mol. The Balaban J connectivity index is 1.72. The molecule has 0 unspecified atom stereocenters. The second-order valence-corrected chi connectivity index (χ2v) is 6.80.